The highest BCUT2D eigenvalue weighted by Crippen LogP contribution is 2.31. The van der Waals surface area contributed by atoms with E-state index in [0.29, 0.717) is 5.56 Å². The second kappa shape index (κ2) is 9.56. The highest BCUT2D eigenvalue weighted by molar-refractivity contribution is 7.80. The van der Waals surface area contributed by atoms with Crippen molar-refractivity contribution in [3.63, 3.8) is 0 Å². The summed E-state index contributed by atoms with van der Waals surface area (Å²) >= 11 is 5.07. The Kier molecular flexibility index (Phi) is 6.84. The van der Waals surface area contributed by atoms with Crippen molar-refractivity contribution in [1.82, 2.24) is 5.32 Å². The number of nitrogens with one attached hydrogen (secondary N) is 1. The number of halogens is 1. The smallest absolute Gasteiger partial charge is 0.344 e. The van der Waals surface area contributed by atoms with Gasteiger partial charge in [0, 0.05) is 0 Å². The fourth-order valence-corrected chi connectivity index (χ4v) is 3.17. The third-order valence-electron chi connectivity index (χ3n) is 4.43. The molecule has 2 N–H and O–H groups in total. The van der Waals surface area contributed by atoms with Gasteiger partial charge in [-0.3, -0.25) is 14.9 Å². The zero-order valence-electron chi connectivity index (χ0n) is 17.1. The zero-order valence-corrected chi connectivity index (χ0v) is 17.9. The van der Waals surface area contributed by atoms with E-state index in [2.05, 4.69) is 5.32 Å². The first-order chi connectivity index (χ1) is 15.2. The molecule has 0 radical (unpaired) electrons. The molecule has 0 aliphatic carbocycles. The molecular formula is C22H19FN2O6S. The van der Waals surface area contributed by atoms with Crippen LogP contribution in [0.1, 0.15) is 19.4 Å². The van der Waals surface area contributed by atoms with Gasteiger partial charge in [-0.25, -0.2) is 14.1 Å². The number of para-hydroxylation sites is 1. The van der Waals surface area contributed by atoms with Crippen molar-refractivity contribution in [2.75, 3.05) is 11.5 Å². The molecule has 1 atom stereocenters. The molecule has 166 valence electrons. The van der Waals surface area contributed by atoms with E-state index >= 15 is 0 Å². The number of rotatable bonds is 7. The van der Waals surface area contributed by atoms with Gasteiger partial charge in [0.15, 0.2) is 22.7 Å². The van der Waals surface area contributed by atoms with Crippen molar-refractivity contribution in [2.24, 2.45) is 0 Å². The molecule has 10 heteroatoms. The lowest BCUT2D eigenvalue weighted by Crippen LogP contribution is -2.54. The Balaban J connectivity index is 1.98. The number of carboxylic acids is 1. The number of aliphatic carboxylic acids is 1. The number of amides is 2. The van der Waals surface area contributed by atoms with Crippen LogP contribution in [-0.2, 0) is 14.4 Å². The molecule has 1 saturated heterocycles. The topological polar surface area (TPSA) is 105 Å². The lowest BCUT2D eigenvalue weighted by atomic mass is 10.1. The Hall–Kier alpha value is -3.79. The molecule has 1 heterocycles. The van der Waals surface area contributed by atoms with Crippen LogP contribution in [-0.4, -0.2) is 40.7 Å². The van der Waals surface area contributed by atoms with Crippen LogP contribution in [0.15, 0.2) is 48.0 Å². The molecule has 0 saturated carbocycles. The third-order valence-corrected chi connectivity index (χ3v) is 4.71. The summed E-state index contributed by atoms with van der Waals surface area (Å²) in [5.41, 5.74) is 0.0512. The van der Waals surface area contributed by atoms with Gasteiger partial charge in [0.2, 0.25) is 0 Å². The molecule has 32 heavy (non-hydrogen) atoms. The molecule has 1 unspecified atom stereocenters. The van der Waals surface area contributed by atoms with Crippen molar-refractivity contribution in [1.29, 1.82) is 0 Å². The van der Waals surface area contributed by atoms with Crippen LogP contribution in [0.5, 0.6) is 11.5 Å². The second-order valence-corrected chi connectivity index (χ2v) is 7.03. The fourth-order valence-electron chi connectivity index (χ4n) is 2.90. The normalized spacial score (nSPS) is 16.0. The first-order valence-electron chi connectivity index (χ1n) is 9.55. The van der Waals surface area contributed by atoms with Gasteiger partial charge in [0.05, 0.1) is 12.3 Å². The minimum atomic E-state index is -1.15. The van der Waals surface area contributed by atoms with Crippen LogP contribution in [0, 0.1) is 5.82 Å². The number of carbonyl (C=O) groups excluding carboxylic acids is 2. The average Bonchev–Trinajstić information content (AvgIpc) is 2.74. The Bertz CT molecular complexity index is 1130. The van der Waals surface area contributed by atoms with Gasteiger partial charge in [-0.1, -0.05) is 18.2 Å². The fraction of sp³-hybridized carbons (Fsp3) is 0.182. The molecule has 2 aromatic carbocycles. The first-order valence-corrected chi connectivity index (χ1v) is 9.96. The molecule has 1 fully saturated rings. The van der Waals surface area contributed by atoms with E-state index in [0.717, 1.165) is 4.90 Å². The number of anilines is 1. The third kappa shape index (κ3) is 4.75. The van der Waals surface area contributed by atoms with Crippen LogP contribution in [0.3, 0.4) is 0 Å². The Labute approximate surface area is 188 Å². The van der Waals surface area contributed by atoms with Crippen molar-refractivity contribution < 1.29 is 33.4 Å². The number of thiocarbonyl (C=S) groups is 1. The Morgan fingerprint density at radius 3 is 2.62 bits per heavy atom. The number of nitrogens with zero attached hydrogens (tertiary/aromatic N) is 1. The number of hydrogen-bond donors (Lipinski definition) is 2. The first kappa shape index (κ1) is 22.9. The summed E-state index contributed by atoms with van der Waals surface area (Å²) in [6.45, 7) is 3.38. The van der Waals surface area contributed by atoms with Crippen molar-refractivity contribution in [3.05, 3.63) is 59.4 Å². The van der Waals surface area contributed by atoms with Gasteiger partial charge in [0.1, 0.15) is 11.4 Å². The zero-order chi connectivity index (χ0) is 23.4. The highest BCUT2D eigenvalue weighted by atomic mass is 32.1. The number of benzene rings is 2. The van der Waals surface area contributed by atoms with Crippen LogP contribution in [0.25, 0.3) is 6.08 Å². The molecule has 1 aliphatic heterocycles. The van der Waals surface area contributed by atoms with Gasteiger partial charge < -0.3 is 14.6 Å². The summed E-state index contributed by atoms with van der Waals surface area (Å²) in [4.78, 5) is 37.5. The predicted molar refractivity (Wildman–Crippen MR) is 118 cm³/mol. The molecule has 0 bridgehead atoms. The minimum Gasteiger partial charge on any atom is -0.490 e. The van der Waals surface area contributed by atoms with Crippen LogP contribution in [0.2, 0.25) is 0 Å². The van der Waals surface area contributed by atoms with Crippen molar-refractivity contribution >= 4 is 46.9 Å². The molecule has 2 aromatic rings. The molecule has 1 aliphatic rings. The largest absolute Gasteiger partial charge is 0.490 e. The van der Waals surface area contributed by atoms with Gasteiger partial charge in [-0.15, -0.1) is 0 Å². The van der Waals surface area contributed by atoms with Crippen LogP contribution < -0.4 is 19.7 Å². The van der Waals surface area contributed by atoms with E-state index in [1.165, 1.54) is 49.4 Å². The van der Waals surface area contributed by atoms with E-state index in [9.17, 15) is 18.8 Å². The summed E-state index contributed by atoms with van der Waals surface area (Å²) < 4.78 is 25.2. The summed E-state index contributed by atoms with van der Waals surface area (Å²) in [6, 6.07) is 10.1. The molecule has 0 spiro atoms. The van der Waals surface area contributed by atoms with Crippen LogP contribution >= 0.6 is 12.2 Å². The Morgan fingerprint density at radius 1 is 1.25 bits per heavy atom. The van der Waals surface area contributed by atoms with E-state index in [4.69, 9.17) is 26.8 Å². The molecule has 0 aromatic heterocycles. The summed E-state index contributed by atoms with van der Waals surface area (Å²) in [5.74, 6) is -2.91. The van der Waals surface area contributed by atoms with E-state index in [-0.39, 0.29) is 34.5 Å². The van der Waals surface area contributed by atoms with Crippen LogP contribution in [0.4, 0.5) is 10.1 Å². The van der Waals surface area contributed by atoms with E-state index in [1.807, 2.05) is 0 Å². The monoisotopic (exact) mass is 458 g/mol. The van der Waals surface area contributed by atoms with E-state index < -0.39 is 29.7 Å². The maximum atomic E-state index is 14.3. The summed E-state index contributed by atoms with van der Waals surface area (Å²) in [7, 11) is 0. The van der Waals surface area contributed by atoms with Crippen molar-refractivity contribution in [2.45, 2.75) is 20.0 Å². The number of hydrogen-bond acceptors (Lipinski definition) is 6. The molecule has 8 nitrogen and oxygen atoms in total. The maximum absolute atomic E-state index is 14.3. The van der Waals surface area contributed by atoms with Gasteiger partial charge in [-0.2, -0.15) is 0 Å². The Morgan fingerprint density at radius 2 is 1.97 bits per heavy atom. The highest BCUT2D eigenvalue weighted by Gasteiger charge is 2.35. The molecule has 2 amide bonds. The van der Waals surface area contributed by atoms with Crippen molar-refractivity contribution in [3.8, 4) is 11.5 Å². The summed E-state index contributed by atoms with van der Waals surface area (Å²) in [5, 5.41) is 11.2. The second-order valence-electron chi connectivity index (χ2n) is 6.65. The quantitative estimate of drug-likeness (QED) is 0.373. The lowest BCUT2D eigenvalue weighted by Gasteiger charge is -2.29. The number of ether oxygens (including phenoxy) is 2. The summed E-state index contributed by atoms with van der Waals surface area (Å²) in [6.07, 6.45) is 0.194. The lowest BCUT2D eigenvalue weighted by molar-refractivity contribution is -0.144. The molecular weight excluding hydrogens is 439 g/mol. The number of carboxylic acid groups (broad SMARTS) is 1. The number of carbonyl (C=O) groups is 3. The van der Waals surface area contributed by atoms with Gasteiger partial charge in [-0.05, 0) is 62.0 Å². The minimum absolute atomic E-state index is 0.0881. The molecule has 3 rings (SSSR count). The standard InChI is InChI=1S/C22H19FN2O6S/c1-3-30-18-11-13(8-9-17(18)31-12(2)21(28)29)10-14-19(26)24-22(32)25(20(14)27)16-7-5-4-6-15(16)23/h4-12H,3H2,1-2H3,(H,28,29)(H,24,26,32)/b14-10-. The maximum Gasteiger partial charge on any atom is 0.344 e. The predicted octanol–water partition coefficient (Wildman–Crippen LogP) is 2.91. The van der Waals surface area contributed by atoms with Gasteiger partial charge >= 0.3 is 5.97 Å². The average molecular weight is 458 g/mol. The van der Waals surface area contributed by atoms with Gasteiger partial charge in [0.25, 0.3) is 11.8 Å². The van der Waals surface area contributed by atoms with E-state index in [1.54, 1.807) is 13.0 Å². The SMILES string of the molecule is CCOc1cc(/C=C2/C(=O)NC(=S)N(c3ccccc3F)C2=O)ccc1OC(C)C(=O)O.